The molecule has 5 rings (SSSR count). The number of benzene rings is 2. The van der Waals surface area contributed by atoms with E-state index in [1.807, 2.05) is 54.8 Å². The average molecular weight is 493 g/mol. The molecule has 174 valence electrons. The number of fused-ring (bicyclic) bond motifs is 1. The summed E-state index contributed by atoms with van der Waals surface area (Å²) in [6, 6.07) is 17.2. The highest BCUT2D eigenvalue weighted by atomic mass is 35.5. The predicted molar refractivity (Wildman–Crippen MR) is 139 cm³/mol. The highest BCUT2D eigenvalue weighted by Gasteiger charge is 2.29. The molecule has 0 aliphatic carbocycles. The van der Waals surface area contributed by atoms with Crippen molar-refractivity contribution in [3.8, 4) is 0 Å². The summed E-state index contributed by atoms with van der Waals surface area (Å²) in [7, 11) is 0. The number of hydrogen-bond acceptors (Lipinski definition) is 5. The number of amides is 1. The van der Waals surface area contributed by atoms with Crippen molar-refractivity contribution in [1.29, 1.82) is 0 Å². The summed E-state index contributed by atoms with van der Waals surface area (Å²) in [6.07, 6.45) is 1.63. The van der Waals surface area contributed by atoms with Crippen LogP contribution >= 0.6 is 22.9 Å². The number of thiophene rings is 1. The Morgan fingerprint density at radius 3 is 2.82 bits per heavy atom. The van der Waals surface area contributed by atoms with Crippen LogP contribution in [0.4, 0.5) is 11.6 Å². The molecular weight excluding hydrogens is 468 g/mol. The number of aryl methyl sites for hydroxylation is 1. The van der Waals surface area contributed by atoms with Crippen molar-refractivity contribution < 1.29 is 4.79 Å². The van der Waals surface area contributed by atoms with Gasteiger partial charge < -0.3 is 10.2 Å². The van der Waals surface area contributed by atoms with Gasteiger partial charge in [0.25, 0.3) is 5.56 Å². The maximum atomic E-state index is 13.4. The Kier molecular flexibility index (Phi) is 6.39. The number of nitrogens with zero attached hydrogens (tertiary/aromatic N) is 3. The number of rotatable bonds is 5. The average Bonchev–Trinajstić information content (AvgIpc) is 3.31. The van der Waals surface area contributed by atoms with E-state index in [4.69, 9.17) is 16.6 Å². The number of hydrogen-bond donors (Lipinski definition) is 1. The molecule has 1 aliphatic heterocycles. The first-order chi connectivity index (χ1) is 16.5. The number of piperidine rings is 1. The molecule has 1 N–H and O–H groups in total. The summed E-state index contributed by atoms with van der Waals surface area (Å²) in [5.41, 5.74) is 3.56. The van der Waals surface area contributed by atoms with Crippen LogP contribution in [-0.2, 0) is 11.3 Å². The van der Waals surface area contributed by atoms with E-state index in [2.05, 4.69) is 10.2 Å². The highest BCUT2D eigenvalue weighted by molar-refractivity contribution is 7.17. The van der Waals surface area contributed by atoms with Crippen molar-refractivity contribution >= 4 is 50.7 Å². The van der Waals surface area contributed by atoms with E-state index in [-0.39, 0.29) is 17.4 Å². The molecule has 1 saturated heterocycles. The smallest absolute Gasteiger partial charge is 0.273 e. The van der Waals surface area contributed by atoms with E-state index >= 15 is 0 Å². The number of anilines is 2. The van der Waals surface area contributed by atoms with Gasteiger partial charge in [-0.1, -0.05) is 47.5 Å². The van der Waals surface area contributed by atoms with Gasteiger partial charge in [-0.25, -0.2) is 4.98 Å². The zero-order chi connectivity index (χ0) is 23.7. The molecule has 4 aromatic rings. The number of carbonyl (C=O) groups is 1. The van der Waals surface area contributed by atoms with Crippen LogP contribution in [0.1, 0.15) is 24.0 Å². The second-order valence-corrected chi connectivity index (χ2v) is 10.1. The van der Waals surface area contributed by atoms with Crippen molar-refractivity contribution in [2.24, 2.45) is 5.92 Å². The van der Waals surface area contributed by atoms with Crippen molar-refractivity contribution in [3.63, 3.8) is 0 Å². The third-order valence-electron chi connectivity index (χ3n) is 6.17. The molecule has 1 aliphatic rings. The lowest BCUT2D eigenvalue weighted by Gasteiger charge is -2.34. The summed E-state index contributed by atoms with van der Waals surface area (Å²) >= 11 is 7.48. The minimum atomic E-state index is -0.212. The van der Waals surface area contributed by atoms with Crippen LogP contribution in [0, 0.1) is 12.8 Å². The molecule has 3 heterocycles. The molecule has 0 bridgehead atoms. The van der Waals surface area contributed by atoms with E-state index in [0.717, 1.165) is 24.9 Å². The summed E-state index contributed by atoms with van der Waals surface area (Å²) in [4.78, 5) is 33.4. The van der Waals surface area contributed by atoms with Crippen LogP contribution in [0.3, 0.4) is 0 Å². The number of carbonyl (C=O) groups excluding carboxylic acids is 1. The molecule has 2 aromatic heterocycles. The van der Waals surface area contributed by atoms with Gasteiger partial charge in [0.2, 0.25) is 11.9 Å². The van der Waals surface area contributed by atoms with Crippen LogP contribution < -0.4 is 15.8 Å². The van der Waals surface area contributed by atoms with Crippen LogP contribution in [0.15, 0.2) is 64.8 Å². The first kappa shape index (κ1) is 22.6. The molecule has 1 fully saturated rings. The lowest BCUT2D eigenvalue weighted by molar-refractivity contribution is -0.120. The second-order valence-electron chi connectivity index (χ2n) is 8.71. The second kappa shape index (κ2) is 9.60. The Morgan fingerprint density at radius 2 is 2.03 bits per heavy atom. The van der Waals surface area contributed by atoms with Gasteiger partial charge in [-0.3, -0.25) is 14.2 Å². The molecule has 0 unspecified atom stereocenters. The minimum Gasteiger partial charge on any atom is -0.341 e. The van der Waals surface area contributed by atoms with Crippen molar-refractivity contribution in [3.05, 3.63) is 86.5 Å². The van der Waals surface area contributed by atoms with E-state index < -0.39 is 0 Å². The SMILES string of the molecule is Cc1ccc(Cn2c(N3CCC[C@@H](C(=O)Nc4cccc(Cl)c4)C3)nc3ccsc3c2=O)cc1. The third kappa shape index (κ3) is 4.72. The fourth-order valence-corrected chi connectivity index (χ4v) is 5.34. The Balaban J connectivity index is 1.44. The van der Waals surface area contributed by atoms with Crippen molar-refractivity contribution in [2.75, 3.05) is 23.3 Å². The van der Waals surface area contributed by atoms with Crippen LogP contribution in [-0.4, -0.2) is 28.5 Å². The van der Waals surface area contributed by atoms with E-state index in [9.17, 15) is 9.59 Å². The lowest BCUT2D eigenvalue weighted by atomic mass is 9.97. The Labute approximate surface area is 206 Å². The van der Waals surface area contributed by atoms with Gasteiger partial charge in [-0.15, -0.1) is 11.3 Å². The van der Waals surface area contributed by atoms with E-state index in [1.54, 1.807) is 16.7 Å². The fraction of sp³-hybridized carbons (Fsp3) is 0.269. The summed E-state index contributed by atoms with van der Waals surface area (Å²) < 4.78 is 2.41. The number of nitrogens with one attached hydrogen (secondary N) is 1. The van der Waals surface area contributed by atoms with Crippen LogP contribution in [0.2, 0.25) is 5.02 Å². The van der Waals surface area contributed by atoms with Crippen LogP contribution in [0.5, 0.6) is 0 Å². The zero-order valence-electron chi connectivity index (χ0n) is 18.8. The maximum absolute atomic E-state index is 13.4. The molecule has 0 radical (unpaired) electrons. The maximum Gasteiger partial charge on any atom is 0.273 e. The summed E-state index contributed by atoms with van der Waals surface area (Å²) in [5, 5.41) is 5.46. The van der Waals surface area contributed by atoms with Crippen LogP contribution in [0.25, 0.3) is 10.2 Å². The van der Waals surface area contributed by atoms with Crippen molar-refractivity contribution in [2.45, 2.75) is 26.3 Å². The first-order valence-electron chi connectivity index (χ1n) is 11.3. The summed E-state index contributed by atoms with van der Waals surface area (Å²) in [6.45, 7) is 3.73. The van der Waals surface area contributed by atoms with E-state index in [1.165, 1.54) is 16.9 Å². The molecule has 1 amide bonds. The Hall–Kier alpha value is -3.16. The first-order valence-corrected chi connectivity index (χ1v) is 12.6. The third-order valence-corrected chi connectivity index (χ3v) is 7.30. The molecule has 34 heavy (non-hydrogen) atoms. The van der Waals surface area contributed by atoms with Gasteiger partial charge in [0, 0.05) is 23.8 Å². The molecular formula is C26H25ClN4O2S. The standard InChI is InChI=1S/C26H25ClN4O2S/c1-17-7-9-18(10-8-17)15-31-25(33)23-22(11-13-34-23)29-26(31)30-12-3-4-19(16-30)24(32)28-21-6-2-5-20(27)14-21/h2,5-11,13-14,19H,3-4,12,15-16H2,1H3,(H,28,32)/t19-/m1/s1. The topological polar surface area (TPSA) is 67.2 Å². The van der Waals surface area contributed by atoms with E-state index in [0.29, 0.717) is 40.0 Å². The van der Waals surface area contributed by atoms with Gasteiger partial charge in [-0.05, 0) is 55.0 Å². The van der Waals surface area contributed by atoms with Crippen molar-refractivity contribution in [1.82, 2.24) is 9.55 Å². The van der Waals surface area contributed by atoms with Gasteiger partial charge in [0.15, 0.2) is 0 Å². The predicted octanol–water partition coefficient (Wildman–Crippen LogP) is 5.32. The molecule has 8 heteroatoms. The zero-order valence-corrected chi connectivity index (χ0v) is 20.4. The molecule has 0 saturated carbocycles. The minimum absolute atomic E-state index is 0.0407. The lowest BCUT2D eigenvalue weighted by Crippen LogP contribution is -2.43. The normalized spacial score (nSPS) is 16.1. The van der Waals surface area contributed by atoms with Gasteiger partial charge in [0.05, 0.1) is 18.0 Å². The molecule has 2 aromatic carbocycles. The van der Waals surface area contributed by atoms with Gasteiger partial charge in [0.1, 0.15) is 4.70 Å². The molecule has 0 spiro atoms. The monoisotopic (exact) mass is 492 g/mol. The highest BCUT2D eigenvalue weighted by Crippen LogP contribution is 2.26. The Bertz CT molecular complexity index is 1400. The summed E-state index contributed by atoms with van der Waals surface area (Å²) in [5.74, 6) is 0.364. The fourth-order valence-electron chi connectivity index (χ4n) is 4.38. The molecule has 1 atom stereocenters. The van der Waals surface area contributed by atoms with Gasteiger partial charge in [-0.2, -0.15) is 0 Å². The number of aromatic nitrogens is 2. The number of halogens is 1. The quantitative estimate of drug-likeness (QED) is 0.409. The van der Waals surface area contributed by atoms with Gasteiger partial charge >= 0.3 is 0 Å². The largest absolute Gasteiger partial charge is 0.341 e. The Morgan fingerprint density at radius 1 is 1.21 bits per heavy atom. The molecule has 6 nitrogen and oxygen atoms in total.